The minimum Gasteiger partial charge on any atom is -0.397 e. The lowest BCUT2D eigenvalue weighted by Gasteiger charge is -2.22. The molecule has 0 aromatic heterocycles. The van der Waals surface area contributed by atoms with Crippen molar-refractivity contribution >= 4 is 34.0 Å². The summed E-state index contributed by atoms with van der Waals surface area (Å²) in [5, 5.41) is 0. The van der Waals surface area contributed by atoms with E-state index in [4.69, 9.17) is 5.73 Å². The second kappa shape index (κ2) is 6.39. The molecule has 0 bridgehead atoms. The standard InChI is InChI=1S/C12H19FIN3/c1-16(2)5-4-6-17(3)12-7-9(13)10(14)8-11(12)15/h7-8H,4-6,15H2,1-3H3. The van der Waals surface area contributed by atoms with E-state index in [2.05, 4.69) is 4.90 Å². The van der Waals surface area contributed by atoms with Crippen molar-refractivity contribution in [2.75, 3.05) is 44.9 Å². The summed E-state index contributed by atoms with van der Waals surface area (Å²) in [6.07, 6.45) is 1.02. The predicted molar refractivity (Wildman–Crippen MR) is 80.0 cm³/mol. The molecule has 0 saturated carbocycles. The fraction of sp³-hybridized carbons (Fsp3) is 0.500. The van der Waals surface area contributed by atoms with Crippen molar-refractivity contribution in [1.29, 1.82) is 0 Å². The molecule has 0 atom stereocenters. The third kappa shape index (κ3) is 4.31. The average Bonchev–Trinajstić information content (AvgIpc) is 2.22. The summed E-state index contributed by atoms with van der Waals surface area (Å²) in [4.78, 5) is 4.13. The molecule has 5 heteroatoms. The van der Waals surface area contributed by atoms with E-state index in [0.717, 1.165) is 25.2 Å². The van der Waals surface area contributed by atoms with Gasteiger partial charge in [0.05, 0.1) is 14.9 Å². The third-order valence-electron chi connectivity index (χ3n) is 2.58. The van der Waals surface area contributed by atoms with Crippen LogP contribution in [0.4, 0.5) is 15.8 Å². The molecule has 0 amide bonds. The molecule has 0 aliphatic carbocycles. The lowest BCUT2D eigenvalue weighted by molar-refractivity contribution is 0.401. The highest BCUT2D eigenvalue weighted by atomic mass is 127. The summed E-state index contributed by atoms with van der Waals surface area (Å²) >= 11 is 1.95. The van der Waals surface area contributed by atoms with Gasteiger partial charge in [0.1, 0.15) is 5.82 Å². The van der Waals surface area contributed by atoms with Crippen molar-refractivity contribution in [3.63, 3.8) is 0 Å². The molecular weight excluding hydrogens is 332 g/mol. The number of halogens is 2. The van der Waals surface area contributed by atoms with Crippen molar-refractivity contribution in [3.05, 3.63) is 21.5 Å². The highest BCUT2D eigenvalue weighted by Crippen LogP contribution is 2.26. The zero-order valence-corrected chi connectivity index (χ0v) is 12.7. The third-order valence-corrected chi connectivity index (χ3v) is 3.41. The van der Waals surface area contributed by atoms with Gasteiger partial charge in [-0.3, -0.25) is 0 Å². The van der Waals surface area contributed by atoms with Crippen molar-refractivity contribution < 1.29 is 4.39 Å². The Hall–Kier alpha value is -0.560. The minimum absolute atomic E-state index is 0.214. The van der Waals surface area contributed by atoms with E-state index in [9.17, 15) is 4.39 Å². The Morgan fingerprint density at radius 3 is 2.47 bits per heavy atom. The van der Waals surface area contributed by atoms with Gasteiger partial charge in [-0.15, -0.1) is 0 Å². The van der Waals surface area contributed by atoms with Gasteiger partial charge >= 0.3 is 0 Å². The lowest BCUT2D eigenvalue weighted by atomic mass is 10.2. The zero-order valence-electron chi connectivity index (χ0n) is 10.5. The molecule has 17 heavy (non-hydrogen) atoms. The fourth-order valence-electron chi connectivity index (χ4n) is 1.63. The average molecular weight is 351 g/mol. The topological polar surface area (TPSA) is 32.5 Å². The molecule has 0 heterocycles. The van der Waals surface area contributed by atoms with Gasteiger partial charge in [-0.25, -0.2) is 4.39 Å². The normalized spacial score (nSPS) is 10.9. The maximum Gasteiger partial charge on any atom is 0.138 e. The van der Waals surface area contributed by atoms with Gasteiger partial charge in [-0.2, -0.15) is 0 Å². The summed E-state index contributed by atoms with van der Waals surface area (Å²) in [7, 11) is 6.02. The van der Waals surface area contributed by atoms with Crippen LogP contribution >= 0.6 is 22.6 Å². The maximum atomic E-state index is 13.5. The molecule has 1 rings (SSSR count). The Labute approximate surface area is 116 Å². The first-order valence-corrected chi connectivity index (χ1v) is 6.60. The van der Waals surface area contributed by atoms with Crippen LogP contribution < -0.4 is 10.6 Å². The summed E-state index contributed by atoms with van der Waals surface area (Å²) in [6, 6.07) is 3.18. The SMILES string of the molecule is CN(C)CCCN(C)c1cc(F)c(I)cc1N. The molecule has 1 aromatic rings. The quantitative estimate of drug-likeness (QED) is 0.653. The Kier molecular flexibility index (Phi) is 5.45. The van der Waals surface area contributed by atoms with Crippen LogP contribution in [0.2, 0.25) is 0 Å². The summed E-state index contributed by atoms with van der Waals surface area (Å²) in [5.41, 5.74) is 7.29. The van der Waals surface area contributed by atoms with Crippen molar-refractivity contribution in [2.45, 2.75) is 6.42 Å². The lowest BCUT2D eigenvalue weighted by Crippen LogP contribution is -2.24. The Morgan fingerprint density at radius 2 is 1.88 bits per heavy atom. The minimum atomic E-state index is -0.214. The highest BCUT2D eigenvalue weighted by Gasteiger charge is 2.09. The van der Waals surface area contributed by atoms with Gasteiger partial charge < -0.3 is 15.5 Å². The molecule has 0 fully saturated rings. The maximum absolute atomic E-state index is 13.5. The van der Waals surface area contributed by atoms with Crippen LogP contribution in [0.1, 0.15) is 6.42 Å². The van der Waals surface area contributed by atoms with E-state index in [0.29, 0.717) is 9.26 Å². The van der Waals surface area contributed by atoms with Crippen molar-refractivity contribution in [3.8, 4) is 0 Å². The summed E-state index contributed by atoms with van der Waals surface area (Å²) < 4.78 is 14.0. The number of anilines is 2. The predicted octanol–water partition coefficient (Wildman–Crippen LogP) is 2.40. The first kappa shape index (κ1) is 14.5. The molecule has 0 radical (unpaired) electrons. The van der Waals surface area contributed by atoms with Crippen LogP contribution in [0.5, 0.6) is 0 Å². The molecule has 0 spiro atoms. The number of hydrogen-bond donors (Lipinski definition) is 1. The fourth-order valence-corrected chi connectivity index (χ4v) is 2.12. The monoisotopic (exact) mass is 351 g/mol. The smallest absolute Gasteiger partial charge is 0.138 e. The molecule has 3 nitrogen and oxygen atoms in total. The van der Waals surface area contributed by atoms with E-state index in [1.54, 1.807) is 6.07 Å². The molecule has 0 saturated heterocycles. The molecular formula is C12H19FIN3. The zero-order chi connectivity index (χ0) is 13.0. The summed E-state index contributed by atoms with van der Waals surface area (Å²) in [5.74, 6) is -0.214. The van der Waals surface area contributed by atoms with Crippen LogP contribution in [-0.4, -0.2) is 39.1 Å². The van der Waals surface area contributed by atoms with Gasteiger partial charge in [-0.1, -0.05) is 0 Å². The van der Waals surface area contributed by atoms with Gasteiger partial charge in [0.2, 0.25) is 0 Å². The molecule has 96 valence electrons. The number of hydrogen-bond acceptors (Lipinski definition) is 3. The number of nitrogen functional groups attached to an aromatic ring is 1. The highest BCUT2D eigenvalue weighted by molar-refractivity contribution is 14.1. The van der Waals surface area contributed by atoms with Gasteiger partial charge in [0.25, 0.3) is 0 Å². The van der Waals surface area contributed by atoms with E-state index in [-0.39, 0.29) is 5.82 Å². The number of nitrogens with two attached hydrogens (primary N) is 1. The van der Waals surface area contributed by atoms with E-state index in [1.165, 1.54) is 6.07 Å². The largest absolute Gasteiger partial charge is 0.397 e. The second-order valence-corrected chi connectivity index (χ2v) is 5.57. The van der Waals surface area contributed by atoms with Crippen LogP contribution in [0.3, 0.4) is 0 Å². The molecule has 2 N–H and O–H groups in total. The van der Waals surface area contributed by atoms with Crippen molar-refractivity contribution in [2.24, 2.45) is 0 Å². The van der Waals surface area contributed by atoms with Crippen LogP contribution in [0.15, 0.2) is 12.1 Å². The number of rotatable bonds is 5. The molecule has 0 unspecified atom stereocenters. The van der Waals surface area contributed by atoms with E-state index < -0.39 is 0 Å². The van der Waals surface area contributed by atoms with Crippen LogP contribution in [-0.2, 0) is 0 Å². The molecule has 1 aromatic carbocycles. The first-order chi connectivity index (χ1) is 7.91. The second-order valence-electron chi connectivity index (χ2n) is 4.40. The number of benzene rings is 1. The first-order valence-electron chi connectivity index (χ1n) is 5.52. The van der Waals surface area contributed by atoms with Crippen LogP contribution in [0, 0.1) is 9.39 Å². The molecule has 0 aliphatic rings. The van der Waals surface area contributed by atoms with Gasteiger partial charge in [0, 0.05) is 19.7 Å². The molecule has 0 aliphatic heterocycles. The van der Waals surface area contributed by atoms with E-state index in [1.807, 2.05) is 48.6 Å². The Balaban J connectivity index is 2.68. The van der Waals surface area contributed by atoms with Gasteiger partial charge in [0.15, 0.2) is 0 Å². The van der Waals surface area contributed by atoms with E-state index >= 15 is 0 Å². The summed E-state index contributed by atoms with van der Waals surface area (Å²) in [6.45, 7) is 1.87. The van der Waals surface area contributed by atoms with Crippen LogP contribution in [0.25, 0.3) is 0 Å². The van der Waals surface area contributed by atoms with Gasteiger partial charge in [-0.05, 0) is 55.7 Å². The Bertz CT molecular complexity index is 382. The number of nitrogens with zero attached hydrogens (tertiary/aromatic N) is 2. The van der Waals surface area contributed by atoms with Crippen molar-refractivity contribution in [1.82, 2.24) is 4.90 Å². The Morgan fingerprint density at radius 1 is 1.24 bits per heavy atom.